The van der Waals surface area contributed by atoms with Gasteiger partial charge in [0.05, 0.1) is 24.3 Å². The van der Waals surface area contributed by atoms with Gasteiger partial charge < -0.3 is 25.8 Å². The van der Waals surface area contributed by atoms with Crippen molar-refractivity contribution in [1.29, 1.82) is 0 Å². The van der Waals surface area contributed by atoms with Gasteiger partial charge in [-0.05, 0) is 37.0 Å². The van der Waals surface area contributed by atoms with Gasteiger partial charge in [-0.25, -0.2) is 8.78 Å². The highest BCUT2D eigenvalue weighted by molar-refractivity contribution is 7.68. The van der Waals surface area contributed by atoms with Crippen LogP contribution in [0.1, 0.15) is 63.0 Å². The van der Waals surface area contributed by atoms with Crippen molar-refractivity contribution in [2.75, 3.05) is 13.2 Å². The van der Waals surface area contributed by atoms with Gasteiger partial charge >= 0.3 is 13.1 Å². The monoisotopic (exact) mass is 465 g/mol. The molecule has 0 saturated carbocycles. The maximum absolute atomic E-state index is 13.5. The van der Waals surface area contributed by atoms with E-state index in [9.17, 15) is 28.7 Å². The summed E-state index contributed by atoms with van der Waals surface area (Å²) in [5, 5.41) is 30.4. The van der Waals surface area contributed by atoms with Crippen LogP contribution in [0.3, 0.4) is 0 Å². The number of nitrogens with two attached hydrogens (primary N) is 1. The molecule has 2 saturated heterocycles. The Morgan fingerprint density at radius 2 is 1.87 bits per heavy atom. The number of fused-ring (bicyclic) bond motifs is 1. The number of hydrogen-bond donors (Lipinski definition) is 4. The van der Waals surface area contributed by atoms with Crippen LogP contribution in [-0.4, -0.2) is 45.4 Å². The quantitative estimate of drug-likeness (QED) is 0.142. The summed E-state index contributed by atoms with van der Waals surface area (Å²) in [6.07, 6.45) is 2.15. The molecule has 0 aliphatic carbocycles. The summed E-state index contributed by atoms with van der Waals surface area (Å²) in [6, 6.07) is 4.30. The first kappa shape index (κ1) is 24.5. The third-order valence-electron chi connectivity index (χ3n) is 5.87. The number of ether oxygens (including phenoxy) is 1. The zero-order valence-electron chi connectivity index (χ0n) is 17.4. The fourth-order valence-electron chi connectivity index (χ4n) is 3.60. The summed E-state index contributed by atoms with van der Waals surface area (Å²) < 4.78 is 53.7. The molecule has 2 fully saturated rings. The van der Waals surface area contributed by atoms with Crippen LogP contribution in [0.4, 0.5) is 8.78 Å². The number of aliphatic hydroxyl groups is 3. The minimum absolute atomic E-state index is 0.0390. The molecule has 1 aromatic carbocycles. The van der Waals surface area contributed by atoms with Gasteiger partial charge in [-0.15, -0.1) is 0 Å². The molecular weight excluding hydrogens is 435 g/mol. The first-order valence-corrected chi connectivity index (χ1v) is 12.0. The highest BCUT2D eigenvalue weighted by Gasteiger charge is 3.01. The summed E-state index contributed by atoms with van der Waals surface area (Å²) in [5.41, 5.74) is 2.01. The van der Waals surface area contributed by atoms with Crippen LogP contribution < -0.4 is 10.5 Å². The predicted octanol–water partition coefficient (Wildman–Crippen LogP) is 3.18. The fraction of sp³-hybridized carbons (Fsp3) is 0.700. The zero-order chi connectivity index (χ0) is 22.9. The van der Waals surface area contributed by atoms with Crippen LogP contribution in [0.15, 0.2) is 18.2 Å². The Balaban J connectivity index is 1.62. The minimum atomic E-state index is -3.53. The van der Waals surface area contributed by atoms with E-state index in [-0.39, 0.29) is 24.2 Å². The van der Waals surface area contributed by atoms with Crippen molar-refractivity contribution < 1.29 is 42.4 Å². The molecule has 2 aliphatic rings. The molecule has 3 rings (SSSR count). The summed E-state index contributed by atoms with van der Waals surface area (Å²) in [6.45, 7) is 1.58. The number of aryl methyl sites for hydroxylation is 1. The lowest BCUT2D eigenvalue weighted by Gasteiger charge is -2.38. The molecule has 176 valence electrons. The van der Waals surface area contributed by atoms with Crippen molar-refractivity contribution in [3.05, 3.63) is 29.3 Å². The van der Waals surface area contributed by atoms with E-state index in [4.69, 9.17) is 19.5 Å². The molecule has 2 heterocycles. The van der Waals surface area contributed by atoms with Crippen LogP contribution in [0.5, 0.6) is 5.75 Å². The molecule has 0 spiro atoms. The summed E-state index contributed by atoms with van der Waals surface area (Å²) in [5.74, 6) is -2.80. The molecule has 0 aromatic heterocycles. The normalized spacial score (nSPS) is 26.5. The van der Waals surface area contributed by atoms with E-state index in [1.807, 2.05) is 0 Å². The fourth-order valence-corrected chi connectivity index (χ4v) is 5.44. The molecule has 2 aliphatic heterocycles. The Hall–Kier alpha value is -1.13. The van der Waals surface area contributed by atoms with Crippen molar-refractivity contribution in [3.63, 3.8) is 0 Å². The third-order valence-corrected chi connectivity index (χ3v) is 7.75. The van der Waals surface area contributed by atoms with E-state index in [0.29, 0.717) is 12.2 Å². The Bertz CT molecular complexity index is 828. The van der Waals surface area contributed by atoms with Gasteiger partial charge in [-0.1, -0.05) is 38.7 Å². The van der Waals surface area contributed by atoms with E-state index < -0.39 is 37.5 Å². The molecule has 5 N–H and O–H groups in total. The molecule has 0 radical (unpaired) electrons. The largest absolute Gasteiger partial charge is 0.493 e. The maximum Gasteiger partial charge on any atom is 0.403 e. The molecule has 31 heavy (non-hydrogen) atoms. The van der Waals surface area contributed by atoms with E-state index in [1.54, 1.807) is 6.07 Å². The van der Waals surface area contributed by atoms with Gasteiger partial charge in [0.2, 0.25) is 0 Å². The third kappa shape index (κ3) is 4.53. The predicted molar refractivity (Wildman–Crippen MR) is 108 cm³/mol. The van der Waals surface area contributed by atoms with E-state index >= 15 is 0 Å². The summed E-state index contributed by atoms with van der Waals surface area (Å²) >= 11 is 0. The number of benzene rings is 1. The van der Waals surface area contributed by atoms with Gasteiger partial charge in [-0.2, -0.15) is 0 Å². The smallest absolute Gasteiger partial charge is 0.403 e. The van der Waals surface area contributed by atoms with Crippen LogP contribution in [0.2, 0.25) is 0 Å². The Morgan fingerprint density at radius 3 is 2.42 bits per heavy atom. The first-order valence-electron chi connectivity index (χ1n) is 10.5. The van der Waals surface area contributed by atoms with Crippen molar-refractivity contribution in [2.24, 2.45) is 5.73 Å². The van der Waals surface area contributed by atoms with Crippen molar-refractivity contribution >= 4 is 7.60 Å². The second kappa shape index (κ2) is 9.02. The number of rotatable bonds is 14. The van der Waals surface area contributed by atoms with Crippen molar-refractivity contribution in [1.82, 2.24) is 0 Å². The highest BCUT2D eigenvalue weighted by Crippen LogP contribution is 3.00. The Kier molecular flexibility index (Phi) is 7.13. The molecule has 1 unspecified atom stereocenters. The number of halogens is 2. The van der Waals surface area contributed by atoms with Crippen molar-refractivity contribution in [3.8, 4) is 5.75 Å². The average molecular weight is 465 g/mol. The van der Waals surface area contributed by atoms with Crippen LogP contribution in [0.25, 0.3) is 0 Å². The average Bonchev–Trinajstić information content (AvgIpc) is 3.54. The van der Waals surface area contributed by atoms with Gasteiger partial charge in [-0.3, -0.25) is 13.6 Å². The first-order chi connectivity index (χ1) is 14.6. The number of hydrogen-bond acceptors (Lipinski definition) is 8. The lowest BCUT2D eigenvalue weighted by atomic mass is 9.84. The van der Waals surface area contributed by atoms with Crippen LogP contribution >= 0.6 is 7.60 Å². The second-order valence-electron chi connectivity index (χ2n) is 8.18. The zero-order valence-corrected chi connectivity index (χ0v) is 18.3. The molecule has 0 amide bonds. The SMILES string of the molecule is CCCCCCCOc1ccc(CCC(N)(CO)C(O)(O)C23OP2(=O)O3)cc1C(F)F. The Morgan fingerprint density at radius 1 is 1.23 bits per heavy atom. The molecule has 11 heteroatoms. The minimum Gasteiger partial charge on any atom is -0.493 e. The summed E-state index contributed by atoms with van der Waals surface area (Å²) in [4.78, 5) is 0. The van der Waals surface area contributed by atoms with Gasteiger partial charge in [0, 0.05) is 0 Å². The molecule has 8 nitrogen and oxygen atoms in total. The maximum atomic E-state index is 13.5. The van der Waals surface area contributed by atoms with Crippen LogP contribution in [0, 0.1) is 0 Å². The van der Waals surface area contributed by atoms with Crippen LogP contribution in [-0.2, 0) is 20.0 Å². The topological polar surface area (TPSA) is 138 Å². The van der Waals surface area contributed by atoms with E-state index in [1.165, 1.54) is 12.1 Å². The molecule has 1 aromatic rings. The number of alkyl halides is 2. The highest BCUT2D eigenvalue weighted by atomic mass is 31.2. The van der Waals surface area contributed by atoms with Gasteiger partial charge in [0.25, 0.3) is 12.2 Å². The van der Waals surface area contributed by atoms with E-state index in [2.05, 4.69) is 6.92 Å². The lowest BCUT2D eigenvalue weighted by Crippen LogP contribution is -2.68. The summed E-state index contributed by atoms with van der Waals surface area (Å²) in [7, 11) is -3.53. The van der Waals surface area contributed by atoms with Gasteiger partial charge in [0.1, 0.15) is 5.75 Å². The molecule has 0 bridgehead atoms. The van der Waals surface area contributed by atoms with E-state index in [0.717, 1.165) is 32.1 Å². The van der Waals surface area contributed by atoms with Gasteiger partial charge in [0.15, 0.2) is 0 Å². The second-order valence-corrected chi connectivity index (χ2v) is 10.1. The molecule has 1 atom stereocenters. The lowest BCUT2D eigenvalue weighted by molar-refractivity contribution is -0.290. The standard InChI is InChI=1S/C20H30F2NO7P/c1-2-3-4-5-6-11-28-16-8-7-14(12-15(16)17(21)22)9-10-18(23,13-24)19(25,26)20-29-31(20,27)30-20/h7-8,12,17,24-26H,2-6,9-11,13,23H2,1H3. The molecular formula is C20H30F2NO7P. The van der Waals surface area contributed by atoms with Crippen molar-refractivity contribution in [2.45, 2.75) is 75.1 Å². The number of unbranched alkanes of at least 4 members (excludes halogenated alkanes) is 4. The Labute approximate surface area is 179 Å². The number of aliphatic hydroxyl groups excluding tert-OH is 1.